The van der Waals surface area contributed by atoms with Gasteiger partial charge in [-0.3, -0.25) is 19.1 Å². The van der Waals surface area contributed by atoms with Gasteiger partial charge in [-0.15, -0.1) is 0 Å². The number of hydrogen-bond acceptors (Lipinski definition) is 6. The summed E-state index contributed by atoms with van der Waals surface area (Å²) in [5.74, 6) is -0.321. The molecule has 2 saturated heterocycles. The van der Waals surface area contributed by atoms with Crippen molar-refractivity contribution >= 4 is 14.3 Å². The third-order valence-corrected chi connectivity index (χ3v) is 10.1. The number of rotatable bonds is 1. The van der Waals surface area contributed by atoms with E-state index < -0.39 is 38.2 Å². The van der Waals surface area contributed by atoms with Gasteiger partial charge in [-0.25, -0.2) is 4.79 Å². The van der Waals surface area contributed by atoms with Crippen LogP contribution in [-0.2, 0) is 18.4 Å². The Bertz CT molecular complexity index is 817. The number of H-pyrrole nitrogens is 1. The van der Waals surface area contributed by atoms with Gasteiger partial charge in [-0.1, -0.05) is 41.5 Å². The average molecular weight is 382 g/mol. The smallest absolute Gasteiger partial charge is 0.350 e. The lowest BCUT2D eigenvalue weighted by Crippen LogP contribution is -2.65. The quantitative estimate of drug-likeness (QED) is 0.738. The summed E-state index contributed by atoms with van der Waals surface area (Å²) >= 11 is 0. The number of carbonyl (C=O) groups is 1. The second-order valence-corrected chi connectivity index (χ2v) is 13.7. The minimum absolute atomic E-state index is 0.242. The molecule has 8 nitrogen and oxygen atoms in total. The molecule has 0 amide bonds. The van der Waals surface area contributed by atoms with Gasteiger partial charge in [0.25, 0.3) is 5.56 Å². The molecule has 0 aromatic carbocycles. The van der Waals surface area contributed by atoms with Crippen LogP contribution in [0.1, 0.15) is 47.8 Å². The van der Waals surface area contributed by atoms with Gasteiger partial charge in [0.15, 0.2) is 6.23 Å². The van der Waals surface area contributed by atoms with Crippen molar-refractivity contribution in [2.45, 2.75) is 70.1 Å². The topological polar surface area (TPSA) is 99.6 Å². The molecule has 2 aliphatic heterocycles. The van der Waals surface area contributed by atoms with Crippen LogP contribution >= 0.6 is 0 Å². The summed E-state index contributed by atoms with van der Waals surface area (Å²) < 4.78 is 19.5. The van der Waals surface area contributed by atoms with Gasteiger partial charge in [0.05, 0.1) is 6.61 Å². The van der Waals surface area contributed by atoms with E-state index in [-0.39, 0.29) is 22.5 Å². The van der Waals surface area contributed by atoms with E-state index in [2.05, 4.69) is 46.5 Å². The molecule has 144 valence electrons. The van der Waals surface area contributed by atoms with Gasteiger partial charge in [-0.2, -0.15) is 0 Å². The number of carbonyl (C=O) groups excluding carboxylic acids is 1. The molecule has 0 bridgehead atoms. The molecule has 26 heavy (non-hydrogen) atoms. The standard InChI is InChI=1S/C17H26N2O6Si/c1-16(2,3)26(17(4,5)6)23-9-10-13(25-26)12(21)14(24-10)19-8-7-11(20)18-15(19)22/h7-8,10,13-14H,9H2,1-6H3,(H,18,20,22)/t10-,13?,14-/m1/s1. The molecule has 3 rings (SSSR count). The summed E-state index contributed by atoms with van der Waals surface area (Å²) in [5, 5.41) is -0.521. The third kappa shape index (κ3) is 2.83. The van der Waals surface area contributed by atoms with Crippen LogP contribution in [0.5, 0.6) is 0 Å². The molecule has 1 aromatic rings. The van der Waals surface area contributed by atoms with Crippen LogP contribution in [0.3, 0.4) is 0 Å². The fraction of sp³-hybridized carbons (Fsp3) is 0.706. The lowest BCUT2D eigenvalue weighted by molar-refractivity contribution is -0.130. The maximum atomic E-state index is 13.0. The van der Waals surface area contributed by atoms with Crippen LogP contribution < -0.4 is 11.2 Å². The number of Topliss-reactive ketones (excluding diaryl/α,β-unsaturated/α-hetero) is 1. The number of fused-ring (bicyclic) bond motifs is 1. The summed E-state index contributed by atoms with van der Waals surface area (Å²) in [4.78, 5) is 38.4. The molecule has 9 heteroatoms. The van der Waals surface area contributed by atoms with E-state index in [0.717, 1.165) is 4.57 Å². The Labute approximate surface area is 152 Å². The first kappa shape index (κ1) is 19.2. The van der Waals surface area contributed by atoms with E-state index in [1.807, 2.05) is 0 Å². The first-order valence-corrected chi connectivity index (χ1v) is 10.5. The molecule has 0 radical (unpaired) electrons. The Morgan fingerprint density at radius 2 is 1.73 bits per heavy atom. The highest BCUT2D eigenvalue weighted by atomic mass is 28.4. The highest BCUT2D eigenvalue weighted by molar-refractivity contribution is 6.73. The van der Waals surface area contributed by atoms with Crippen molar-refractivity contribution < 1.29 is 18.4 Å². The highest BCUT2D eigenvalue weighted by Crippen LogP contribution is 2.55. The molecule has 1 aromatic heterocycles. The lowest BCUT2D eigenvalue weighted by Gasteiger charge is -2.52. The van der Waals surface area contributed by atoms with E-state index in [4.69, 9.17) is 13.6 Å². The SMILES string of the molecule is CC(C)(C)[Si]1(C(C)(C)C)OC[C@H]2O[C@@H](n3ccc(=O)[nH]c3=O)C(=O)C2O1. The summed E-state index contributed by atoms with van der Waals surface area (Å²) in [6.45, 7) is 12.6. The van der Waals surface area contributed by atoms with Gasteiger partial charge < -0.3 is 13.6 Å². The Hall–Kier alpha value is -1.55. The van der Waals surface area contributed by atoms with Crippen LogP contribution in [0, 0.1) is 0 Å². The number of aromatic amines is 1. The molecule has 3 atom stereocenters. The minimum atomic E-state index is -2.81. The number of hydrogen-bond donors (Lipinski definition) is 1. The van der Waals surface area contributed by atoms with Crippen LogP contribution in [0.2, 0.25) is 10.1 Å². The normalized spacial score (nSPS) is 28.8. The van der Waals surface area contributed by atoms with E-state index in [1.54, 1.807) is 0 Å². The zero-order valence-electron chi connectivity index (χ0n) is 16.0. The van der Waals surface area contributed by atoms with Crippen molar-refractivity contribution in [2.75, 3.05) is 6.61 Å². The van der Waals surface area contributed by atoms with Crippen molar-refractivity contribution in [3.8, 4) is 0 Å². The van der Waals surface area contributed by atoms with Crippen LogP contribution in [0.4, 0.5) is 0 Å². The number of nitrogens with zero attached hydrogens (tertiary/aromatic N) is 1. The molecule has 0 saturated carbocycles. The van der Waals surface area contributed by atoms with Crippen LogP contribution in [-0.4, -0.2) is 42.7 Å². The van der Waals surface area contributed by atoms with Gasteiger partial charge in [0, 0.05) is 22.3 Å². The van der Waals surface area contributed by atoms with Crippen molar-refractivity contribution in [1.82, 2.24) is 9.55 Å². The molecule has 0 spiro atoms. The molecule has 1 unspecified atom stereocenters. The van der Waals surface area contributed by atoms with Crippen LogP contribution in [0.25, 0.3) is 0 Å². The second kappa shape index (κ2) is 5.98. The molecule has 2 aliphatic rings. The molecule has 1 N–H and O–H groups in total. The Balaban J connectivity index is 1.96. The highest BCUT2D eigenvalue weighted by Gasteiger charge is 2.65. The maximum Gasteiger partial charge on any atom is 0.350 e. The number of aromatic nitrogens is 2. The van der Waals surface area contributed by atoms with Gasteiger partial charge in [-0.05, 0) is 0 Å². The molecular formula is C17H26N2O6Si. The summed E-state index contributed by atoms with van der Waals surface area (Å²) in [6, 6.07) is 1.18. The summed E-state index contributed by atoms with van der Waals surface area (Å²) in [7, 11) is -2.81. The third-order valence-electron chi connectivity index (χ3n) is 4.99. The van der Waals surface area contributed by atoms with Gasteiger partial charge >= 0.3 is 14.3 Å². The predicted molar refractivity (Wildman–Crippen MR) is 96.2 cm³/mol. The average Bonchev–Trinajstić information content (AvgIpc) is 2.81. The molecule has 2 fully saturated rings. The molecule has 0 aliphatic carbocycles. The molecular weight excluding hydrogens is 356 g/mol. The fourth-order valence-corrected chi connectivity index (χ4v) is 8.94. The predicted octanol–water partition coefficient (Wildman–Crippen LogP) is 1.46. The maximum absolute atomic E-state index is 13.0. The van der Waals surface area contributed by atoms with E-state index in [0.29, 0.717) is 0 Å². The monoisotopic (exact) mass is 382 g/mol. The largest absolute Gasteiger partial charge is 0.391 e. The molecule has 3 heterocycles. The van der Waals surface area contributed by atoms with Crippen molar-refractivity contribution in [3.05, 3.63) is 33.1 Å². The first-order valence-electron chi connectivity index (χ1n) is 8.70. The van der Waals surface area contributed by atoms with E-state index in [9.17, 15) is 14.4 Å². The number of ether oxygens (including phenoxy) is 1. The Morgan fingerprint density at radius 3 is 2.27 bits per heavy atom. The zero-order chi connectivity index (χ0) is 19.5. The van der Waals surface area contributed by atoms with E-state index in [1.165, 1.54) is 12.3 Å². The van der Waals surface area contributed by atoms with Crippen LogP contribution in [0.15, 0.2) is 21.9 Å². The fourth-order valence-electron chi connectivity index (χ4n) is 4.03. The first-order chi connectivity index (χ1) is 11.9. The minimum Gasteiger partial charge on any atom is -0.391 e. The van der Waals surface area contributed by atoms with Gasteiger partial charge in [0.1, 0.15) is 12.2 Å². The second-order valence-electron chi connectivity index (χ2n) is 8.91. The van der Waals surface area contributed by atoms with Crippen molar-refractivity contribution in [1.29, 1.82) is 0 Å². The number of ketones is 1. The summed E-state index contributed by atoms with van der Waals surface area (Å²) in [6.07, 6.45) is -1.21. The summed E-state index contributed by atoms with van der Waals surface area (Å²) in [5.41, 5.74) is -1.22. The van der Waals surface area contributed by atoms with E-state index >= 15 is 0 Å². The number of nitrogens with one attached hydrogen (secondary N) is 1. The Morgan fingerprint density at radius 1 is 1.12 bits per heavy atom. The lowest BCUT2D eigenvalue weighted by atomic mass is 10.1. The van der Waals surface area contributed by atoms with Crippen molar-refractivity contribution in [3.63, 3.8) is 0 Å². The van der Waals surface area contributed by atoms with Gasteiger partial charge in [0.2, 0.25) is 5.78 Å². The Kier molecular flexibility index (Phi) is 4.42. The van der Waals surface area contributed by atoms with Crippen molar-refractivity contribution in [2.24, 2.45) is 0 Å². The zero-order valence-corrected chi connectivity index (χ0v) is 17.0.